The predicted octanol–water partition coefficient (Wildman–Crippen LogP) is 7.67. The van der Waals surface area contributed by atoms with Crippen LogP contribution in [0.15, 0.2) is 11.1 Å². The molecule has 2 heteroatoms. The van der Waals surface area contributed by atoms with E-state index in [0.717, 1.165) is 24.7 Å². The van der Waals surface area contributed by atoms with E-state index in [4.69, 9.17) is 0 Å². The highest BCUT2D eigenvalue weighted by atomic mass is 16.3. The van der Waals surface area contributed by atoms with E-state index in [1.165, 1.54) is 70.6 Å². The summed E-state index contributed by atoms with van der Waals surface area (Å²) in [5, 5.41) is 21.2. The minimum Gasteiger partial charge on any atom is -0.393 e. The van der Waals surface area contributed by atoms with Gasteiger partial charge in [-0.25, -0.2) is 0 Å². The molecule has 8 atom stereocenters. The van der Waals surface area contributed by atoms with E-state index in [0.29, 0.717) is 28.1 Å². The smallest absolute Gasteiger partial charge is 0.0594 e. The number of aliphatic hydroxyl groups is 2. The molecular weight excluding hydrogens is 404 g/mol. The van der Waals surface area contributed by atoms with Crippen molar-refractivity contribution in [3.8, 4) is 0 Å². The predicted molar refractivity (Wildman–Crippen MR) is 137 cm³/mol. The van der Waals surface area contributed by atoms with Gasteiger partial charge in [-0.2, -0.15) is 0 Å². The molecule has 5 aliphatic rings. The van der Waals surface area contributed by atoms with Crippen molar-refractivity contribution in [2.75, 3.05) is 0 Å². The third-order valence-electron chi connectivity index (χ3n) is 12.8. The first-order valence-electron chi connectivity index (χ1n) is 14.5. The van der Waals surface area contributed by atoms with Gasteiger partial charge in [-0.1, -0.05) is 65.5 Å². The first-order valence-corrected chi connectivity index (χ1v) is 14.5. The fourth-order valence-corrected chi connectivity index (χ4v) is 10.2. The van der Waals surface area contributed by atoms with Crippen LogP contribution in [0.2, 0.25) is 0 Å². The third-order valence-corrected chi connectivity index (χ3v) is 12.8. The Morgan fingerprint density at radius 1 is 0.848 bits per heavy atom. The molecule has 3 saturated carbocycles. The van der Waals surface area contributed by atoms with Crippen LogP contribution < -0.4 is 0 Å². The van der Waals surface area contributed by atoms with E-state index in [2.05, 4.69) is 41.5 Å². The zero-order valence-corrected chi connectivity index (χ0v) is 22.6. The second-order valence-electron chi connectivity index (χ2n) is 14.5. The molecule has 188 valence electrons. The summed E-state index contributed by atoms with van der Waals surface area (Å²) in [6.45, 7) is 15.1. The van der Waals surface area contributed by atoms with Gasteiger partial charge in [0.2, 0.25) is 0 Å². The molecule has 33 heavy (non-hydrogen) atoms. The summed E-state index contributed by atoms with van der Waals surface area (Å²) >= 11 is 0. The molecule has 2 nitrogen and oxygen atoms in total. The number of allylic oxidation sites excluding steroid dienone is 2. The Balaban J connectivity index is 1.36. The Morgan fingerprint density at radius 3 is 2.27 bits per heavy atom. The maximum Gasteiger partial charge on any atom is 0.0594 e. The van der Waals surface area contributed by atoms with Crippen molar-refractivity contribution in [3.63, 3.8) is 0 Å². The average molecular weight is 457 g/mol. The van der Waals surface area contributed by atoms with Crippen LogP contribution in [0.25, 0.3) is 0 Å². The summed E-state index contributed by atoms with van der Waals surface area (Å²) in [5.74, 6) is 2.83. The van der Waals surface area contributed by atoms with E-state index in [9.17, 15) is 10.2 Å². The minimum atomic E-state index is -0.141. The number of aliphatic hydroxyl groups excluding tert-OH is 2. The summed E-state index contributed by atoms with van der Waals surface area (Å²) in [5.41, 5.74) is 4.81. The summed E-state index contributed by atoms with van der Waals surface area (Å²) in [6.07, 6.45) is 15.9. The second-order valence-corrected chi connectivity index (χ2v) is 14.5. The van der Waals surface area contributed by atoms with Gasteiger partial charge >= 0.3 is 0 Å². The van der Waals surface area contributed by atoms with Crippen molar-refractivity contribution in [1.29, 1.82) is 0 Å². The van der Waals surface area contributed by atoms with Crippen LogP contribution in [0.4, 0.5) is 0 Å². The van der Waals surface area contributed by atoms with Gasteiger partial charge in [-0.15, -0.1) is 0 Å². The first-order chi connectivity index (χ1) is 15.4. The van der Waals surface area contributed by atoms with Gasteiger partial charge in [-0.3, -0.25) is 0 Å². The van der Waals surface area contributed by atoms with E-state index in [-0.39, 0.29) is 17.6 Å². The SMILES string of the molecule is C[C@H](CCCC(O)C1CC1)[C@H]1CC[C@@]2(C)C3=C(CC[C@]12C)[C@@]1(C)CC[C@H](O)C(C)(C)[C@@H]1CC3. The van der Waals surface area contributed by atoms with Crippen LogP contribution in [0, 0.1) is 45.3 Å². The van der Waals surface area contributed by atoms with Crippen LogP contribution in [-0.2, 0) is 0 Å². The Labute approximate surface area is 204 Å². The summed E-state index contributed by atoms with van der Waals surface area (Å²) in [7, 11) is 0. The normalized spacial score (nSPS) is 46.4. The van der Waals surface area contributed by atoms with Gasteiger partial charge in [0, 0.05) is 0 Å². The average Bonchev–Trinajstić information content (AvgIpc) is 3.56. The van der Waals surface area contributed by atoms with Crippen LogP contribution in [0.5, 0.6) is 0 Å². The van der Waals surface area contributed by atoms with Crippen LogP contribution in [0.1, 0.15) is 125 Å². The molecule has 0 bridgehead atoms. The quantitative estimate of drug-likeness (QED) is 0.402. The van der Waals surface area contributed by atoms with E-state index in [1.54, 1.807) is 0 Å². The van der Waals surface area contributed by atoms with Gasteiger partial charge in [0.25, 0.3) is 0 Å². The number of rotatable bonds is 6. The summed E-state index contributed by atoms with van der Waals surface area (Å²) in [6, 6.07) is 0. The maximum absolute atomic E-state index is 10.8. The zero-order chi connectivity index (χ0) is 23.8. The fourth-order valence-electron chi connectivity index (χ4n) is 10.2. The molecule has 0 spiro atoms. The third kappa shape index (κ3) is 3.54. The Hall–Kier alpha value is -0.340. The van der Waals surface area contributed by atoms with Crippen molar-refractivity contribution < 1.29 is 10.2 Å². The largest absolute Gasteiger partial charge is 0.393 e. The molecule has 0 saturated heterocycles. The molecule has 0 amide bonds. The van der Waals surface area contributed by atoms with E-state index < -0.39 is 0 Å². The van der Waals surface area contributed by atoms with Crippen molar-refractivity contribution in [2.45, 2.75) is 137 Å². The number of fused-ring (bicyclic) bond motifs is 4. The topological polar surface area (TPSA) is 40.5 Å². The molecule has 0 aromatic rings. The fraction of sp³-hybridized carbons (Fsp3) is 0.935. The highest BCUT2D eigenvalue weighted by Gasteiger charge is 2.63. The number of hydrogen-bond donors (Lipinski definition) is 2. The number of hydrogen-bond acceptors (Lipinski definition) is 2. The second kappa shape index (κ2) is 8.09. The highest BCUT2D eigenvalue weighted by Crippen LogP contribution is 2.72. The lowest BCUT2D eigenvalue weighted by Crippen LogP contribution is -2.55. The molecule has 5 rings (SSSR count). The minimum absolute atomic E-state index is 0.0294. The van der Waals surface area contributed by atoms with Gasteiger partial charge in [0.1, 0.15) is 0 Å². The van der Waals surface area contributed by atoms with Gasteiger partial charge in [-0.05, 0) is 116 Å². The standard InChI is InChI=1S/C31H52O2/c1-20(8-7-9-25(32)21-10-11-21)22-14-18-31(6)24-12-13-26-28(2,3)27(33)16-17-29(26,4)23(24)15-19-30(22,31)5/h20-22,25-27,32-33H,7-19H2,1-6H3/t20-,22-,25?,26+,27+,29-,30-,31+/m1/s1. The van der Waals surface area contributed by atoms with Crippen LogP contribution >= 0.6 is 0 Å². The molecule has 3 fully saturated rings. The van der Waals surface area contributed by atoms with Crippen molar-refractivity contribution in [2.24, 2.45) is 45.3 Å². The lowest BCUT2D eigenvalue weighted by Gasteiger charge is -2.62. The van der Waals surface area contributed by atoms with Crippen molar-refractivity contribution in [1.82, 2.24) is 0 Å². The molecule has 0 aliphatic heterocycles. The Bertz CT molecular complexity index is 793. The molecule has 0 aromatic carbocycles. The lowest BCUT2D eigenvalue weighted by atomic mass is 9.43. The van der Waals surface area contributed by atoms with Gasteiger partial charge in [0.05, 0.1) is 12.2 Å². The zero-order valence-electron chi connectivity index (χ0n) is 22.6. The van der Waals surface area contributed by atoms with Gasteiger partial charge < -0.3 is 10.2 Å². The van der Waals surface area contributed by atoms with Crippen LogP contribution in [0.3, 0.4) is 0 Å². The highest BCUT2D eigenvalue weighted by molar-refractivity contribution is 5.38. The van der Waals surface area contributed by atoms with Crippen LogP contribution in [-0.4, -0.2) is 22.4 Å². The van der Waals surface area contributed by atoms with Gasteiger partial charge in [0.15, 0.2) is 0 Å². The summed E-state index contributed by atoms with van der Waals surface area (Å²) in [4.78, 5) is 0. The van der Waals surface area contributed by atoms with Crippen molar-refractivity contribution in [3.05, 3.63) is 11.1 Å². The van der Waals surface area contributed by atoms with Crippen molar-refractivity contribution >= 4 is 0 Å². The molecule has 0 heterocycles. The van der Waals surface area contributed by atoms with E-state index >= 15 is 0 Å². The van der Waals surface area contributed by atoms with E-state index in [1.807, 2.05) is 11.1 Å². The Kier molecular flexibility index (Phi) is 5.97. The summed E-state index contributed by atoms with van der Waals surface area (Å²) < 4.78 is 0. The molecular formula is C31H52O2. The lowest BCUT2D eigenvalue weighted by molar-refractivity contribution is -0.0962. The Morgan fingerprint density at radius 2 is 1.58 bits per heavy atom. The molecule has 1 unspecified atom stereocenters. The molecule has 5 aliphatic carbocycles. The first kappa shape index (κ1) is 24.4. The monoisotopic (exact) mass is 456 g/mol. The molecule has 0 radical (unpaired) electrons. The molecule has 0 aromatic heterocycles. The molecule has 2 N–H and O–H groups in total. The maximum atomic E-state index is 10.8.